The third-order valence-corrected chi connectivity index (χ3v) is 3.26. The first kappa shape index (κ1) is 16.0. The number of rotatable bonds is 7. The number of carbonyl (C=O) groups excluding carboxylic acids is 1. The summed E-state index contributed by atoms with van der Waals surface area (Å²) in [6.07, 6.45) is 4.27. The third kappa shape index (κ3) is 5.20. The second-order valence-corrected chi connectivity index (χ2v) is 5.73. The SMILES string of the molecule is CC(C)CNC(=O)c1cncc(NCCc2ccccc2)c1. The predicted octanol–water partition coefficient (Wildman–Crippen LogP) is 3.12. The number of nitrogens with one attached hydrogen (secondary N) is 2. The summed E-state index contributed by atoms with van der Waals surface area (Å²) in [7, 11) is 0. The van der Waals surface area contributed by atoms with Crippen LogP contribution in [0.15, 0.2) is 48.8 Å². The van der Waals surface area contributed by atoms with Crippen LogP contribution in [0.2, 0.25) is 0 Å². The molecular formula is C18H23N3O. The number of hydrogen-bond donors (Lipinski definition) is 2. The van der Waals surface area contributed by atoms with Gasteiger partial charge in [0.2, 0.25) is 0 Å². The van der Waals surface area contributed by atoms with Gasteiger partial charge in [0.25, 0.3) is 5.91 Å². The smallest absolute Gasteiger partial charge is 0.252 e. The van der Waals surface area contributed by atoms with Crippen molar-refractivity contribution in [2.75, 3.05) is 18.4 Å². The van der Waals surface area contributed by atoms with Crippen LogP contribution in [0.3, 0.4) is 0 Å². The Balaban J connectivity index is 1.87. The van der Waals surface area contributed by atoms with Gasteiger partial charge in [-0.15, -0.1) is 0 Å². The topological polar surface area (TPSA) is 54.0 Å². The molecule has 0 saturated carbocycles. The average Bonchev–Trinajstić information content (AvgIpc) is 2.54. The molecule has 0 aliphatic rings. The molecule has 1 amide bonds. The number of benzene rings is 1. The van der Waals surface area contributed by atoms with Gasteiger partial charge in [-0.25, -0.2) is 0 Å². The Labute approximate surface area is 132 Å². The van der Waals surface area contributed by atoms with Crippen LogP contribution in [-0.4, -0.2) is 24.0 Å². The van der Waals surface area contributed by atoms with E-state index in [9.17, 15) is 4.79 Å². The van der Waals surface area contributed by atoms with Crippen LogP contribution in [0, 0.1) is 5.92 Å². The van der Waals surface area contributed by atoms with Crippen molar-refractivity contribution in [2.45, 2.75) is 20.3 Å². The van der Waals surface area contributed by atoms with Crippen molar-refractivity contribution < 1.29 is 4.79 Å². The summed E-state index contributed by atoms with van der Waals surface area (Å²) >= 11 is 0. The normalized spacial score (nSPS) is 10.5. The van der Waals surface area contributed by atoms with E-state index < -0.39 is 0 Å². The highest BCUT2D eigenvalue weighted by molar-refractivity contribution is 5.94. The maximum Gasteiger partial charge on any atom is 0.252 e. The maximum absolute atomic E-state index is 12.0. The molecule has 1 heterocycles. The van der Waals surface area contributed by atoms with Crippen LogP contribution in [0.4, 0.5) is 5.69 Å². The highest BCUT2D eigenvalue weighted by Gasteiger charge is 2.07. The van der Waals surface area contributed by atoms with Gasteiger partial charge < -0.3 is 10.6 Å². The van der Waals surface area contributed by atoms with E-state index in [1.165, 1.54) is 5.56 Å². The number of pyridine rings is 1. The van der Waals surface area contributed by atoms with Crippen molar-refractivity contribution in [1.29, 1.82) is 0 Å². The van der Waals surface area contributed by atoms with E-state index >= 15 is 0 Å². The van der Waals surface area contributed by atoms with Crippen LogP contribution >= 0.6 is 0 Å². The van der Waals surface area contributed by atoms with E-state index in [2.05, 4.69) is 41.6 Å². The monoisotopic (exact) mass is 297 g/mol. The molecule has 0 bridgehead atoms. The van der Waals surface area contributed by atoms with E-state index in [1.807, 2.05) is 24.3 Å². The molecule has 2 N–H and O–H groups in total. The molecule has 116 valence electrons. The van der Waals surface area contributed by atoms with Gasteiger partial charge >= 0.3 is 0 Å². The molecule has 22 heavy (non-hydrogen) atoms. The van der Waals surface area contributed by atoms with Gasteiger partial charge in [-0.1, -0.05) is 44.2 Å². The minimum atomic E-state index is -0.0760. The summed E-state index contributed by atoms with van der Waals surface area (Å²) in [6.45, 7) is 5.62. The summed E-state index contributed by atoms with van der Waals surface area (Å²) in [5.74, 6) is 0.358. The third-order valence-electron chi connectivity index (χ3n) is 3.26. The lowest BCUT2D eigenvalue weighted by atomic mass is 10.1. The highest BCUT2D eigenvalue weighted by atomic mass is 16.1. The molecule has 0 atom stereocenters. The first-order chi connectivity index (χ1) is 10.6. The van der Waals surface area contributed by atoms with E-state index in [0.29, 0.717) is 18.0 Å². The largest absolute Gasteiger partial charge is 0.383 e. The zero-order valence-corrected chi connectivity index (χ0v) is 13.2. The van der Waals surface area contributed by atoms with Crippen LogP contribution < -0.4 is 10.6 Å². The predicted molar refractivity (Wildman–Crippen MR) is 90.0 cm³/mol. The van der Waals surface area contributed by atoms with Gasteiger partial charge in [-0.3, -0.25) is 9.78 Å². The lowest BCUT2D eigenvalue weighted by Gasteiger charge is -2.10. The standard InChI is InChI=1S/C18H23N3O/c1-14(2)11-21-18(22)16-10-17(13-19-12-16)20-9-8-15-6-4-3-5-7-15/h3-7,10,12-14,20H,8-9,11H2,1-2H3,(H,21,22). The minimum Gasteiger partial charge on any atom is -0.383 e. The summed E-state index contributed by atoms with van der Waals surface area (Å²) in [6, 6.07) is 12.1. The molecule has 4 heteroatoms. The van der Waals surface area contributed by atoms with Crippen molar-refractivity contribution >= 4 is 11.6 Å². The first-order valence-corrected chi connectivity index (χ1v) is 7.66. The molecule has 0 aliphatic heterocycles. The number of aromatic nitrogens is 1. The van der Waals surface area contributed by atoms with Gasteiger partial charge in [0, 0.05) is 25.5 Å². The van der Waals surface area contributed by atoms with Gasteiger partial charge in [0.15, 0.2) is 0 Å². The van der Waals surface area contributed by atoms with Crippen LogP contribution in [0.25, 0.3) is 0 Å². The Morgan fingerprint density at radius 3 is 2.68 bits per heavy atom. The summed E-state index contributed by atoms with van der Waals surface area (Å²) in [5, 5.41) is 6.21. The Morgan fingerprint density at radius 2 is 1.95 bits per heavy atom. The lowest BCUT2D eigenvalue weighted by Crippen LogP contribution is -2.27. The first-order valence-electron chi connectivity index (χ1n) is 7.66. The second kappa shape index (κ2) is 8.17. The molecule has 0 spiro atoms. The number of anilines is 1. The fraction of sp³-hybridized carbons (Fsp3) is 0.333. The van der Waals surface area contributed by atoms with Gasteiger partial charge in [-0.2, -0.15) is 0 Å². The van der Waals surface area contributed by atoms with Crippen molar-refractivity contribution in [3.05, 3.63) is 59.9 Å². The van der Waals surface area contributed by atoms with Crippen molar-refractivity contribution in [3.63, 3.8) is 0 Å². The quantitative estimate of drug-likeness (QED) is 0.825. The van der Waals surface area contributed by atoms with Crippen molar-refractivity contribution in [1.82, 2.24) is 10.3 Å². The molecule has 1 aromatic heterocycles. The molecule has 0 aliphatic carbocycles. The average molecular weight is 297 g/mol. The van der Waals surface area contributed by atoms with Crippen molar-refractivity contribution in [3.8, 4) is 0 Å². The molecule has 0 fully saturated rings. The van der Waals surface area contributed by atoms with Crippen LogP contribution in [0.5, 0.6) is 0 Å². The molecule has 2 aromatic rings. The Hall–Kier alpha value is -2.36. The molecule has 0 unspecified atom stereocenters. The number of amides is 1. The molecule has 4 nitrogen and oxygen atoms in total. The fourth-order valence-electron chi connectivity index (χ4n) is 2.06. The zero-order chi connectivity index (χ0) is 15.8. The van der Waals surface area contributed by atoms with E-state index in [0.717, 1.165) is 18.7 Å². The van der Waals surface area contributed by atoms with Crippen LogP contribution in [-0.2, 0) is 6.42 Å². The van der Waals surface area contributed by atoms with Gasteiger partial charge in [-0.05, 0) is 24.0 Å². The van der Waals surface area contributed by atoms with Crippen molar-refractivity contribution in [2.24, 2.45) is 5.92 Å². The van der Waals surface area contributed by atoms with E-state index in [-0.39, 0.29) is 5.91 Å². The molecule has 1 aromatic carbocycles. The fourth-order valence-corrected chi connectivity index (χ4v) is 2.06. The van der Waals surface area contributed by atoms with E-state index in [4.69, 9.17) is 0 Å². The number of carbonyl (C=O) groups is 1. The summed E-state index contributed by atoms with van der Waals surface area (Å²) < 4.78 is 0. The van der Waals surface area contributed by atoms with Gasteiger partial charge in [0.1, 0.15) is 0 Å². The van der Waals surface area contributed by atoms with E-state index in [1.54, 1.807) is 12.4 Å². The second-order valence-electron chi connectivity index (χ2n) is 5.73. The summed E-state index contributed by atoms with van der Waals surface area (Å²) in [4.78, 5) is 16.2. The highest BCUT2D eigenvalue weighted by Crippen LogP contribution is 2.09. The summed E-state index contributed by atoms with van der Waals surface area (Å²) in [5.41, 5.74) is 2.74. The molecular weight excluding hydrogens is 274 g/mol. The number of nitrogens with zero attached hydrogens (tertiary/aromatic N) is 1. The molecule has 0 saturated heterocycles. The zero-order valence-electron chi connectivity index (χ0n) is 13.2. The molecule has 2 rings (SSSR count). The molecule has 0 radical (unpaired) electrons. The lowest BCUT2D eigenvalue weighted by molar-refractivity contribution is 0.0948. The van der Waals surface area contributed by atoms with Gasteiger partial charge in [0.05, 0.1) is 11.3 Å². The Kier molecular flexibility index (Phi) is 5.95. The number of hydrogen-bond acceptors (Lipinski definition) is 3. The maximum atomic E-state index is 12.0. The minimum absolute atomic E-state index is 0.0760. The Bertz CT molecular complexity index is 596. The Morgan fingerprint density at radius 1 is 1.18 bits per heavy atom. The van der Waals surface area contributed by atoms with Crippen LogP contribution in [0.1, 0.15) is 29.8 Å².